The molecule has 0 radical (unpaired) electrons. The summed E-state index contributed by atoms with van der Waals surface area (Å²) >= 11 is 0. The highest BCUT2D eigenvalue weighted by molar-refractivity contribution is 5.68. The van der Waals surface area contributed by atoms with Crippen LogP contribution in [-0.4, -0.2) is 4.98 Å². The van der Waals surface area contributed by atoms with E-state index < -0.39 is 0 Å². The Labute approximate surface area is 104 Å². The average molecular weight is 242 g/mol. The van der Waals surface area contributed by atoms with Crippen molar-refractivity contribution in [1.29, 1.82) is 5.26 Å². The van der Waals surface area contributed by atoms with Crippen LogP contribution in [0.25, 0.3) is 0 Å². The van der Waals surface area contributed by atoms with Gasteiger partial charge in [-0.05, 0) is 23.8 Å². The van der Waals surface area contributed by atoms with Crippen LogP contribution in [0.1, 0.15) is 11.1 Å². The Hall–Kier alpha value is -2.61. The molecule has 1 heterocycles. The van der Waals surface area contributed by atoms with Gasteiger partial charge >= 0.3 is 0 Å². The minimum absolute atomic E-state index is 0.291. The molecular formula is C13H11FN4. The van der Waals surface area contributed by atoms with Crippen LogP contribution in [0.15, 0.2) is 36.5 Å². The van der Waals surface area contributed by atoms with Crippen molar-refractivity contribution in [3.8, 4) is 6.07 Å². The molecule has 0 saturated carbocycles. The number of nitriles is 1. The Morgan fingerprint density at radius 3 is 2.94 bits per heavy atom. The molecule has 0 unspecified atom stereocenters. The predicted molar refractivity (Wildman–Crippen MR) is 67.1 cm³/mol. The maximum Gasteiger partial charge on any atom is 0.150 e. The van der Waals surface area contributed by atoms with E-state index in [9.17, 15) is 4.39 Å². The van der Waals surface area contributed by atoms with Gasteiger partial charge in [0.15, 0.2) is 5.82 Å². The van der Waals surface area contributed by atoms with Crippen molar-refractivity contribution in [3.63, 3.8) is 0 Å². The van der Waals surface area contributed by atoms with E-state index >= 15 is 0 Å². The maximum atomic E-state index is 13.0. The van der Waals surface area contributed by atoms with Gasteiger partial charge in [-0.25, -0.2) is 9.37 Å². The number of nitrogens with one attached hydrogen (secondary N) is 1. The third-order valence-corrected chi connectivity index (χ3v) is 2.46. The number of nitrogens with zero attached hydrogens (tertiary/aromatic N) is 2. The topological polar surface area (TPSA) is 74.7 Å². The summed E-state index contributed by atoms with van der Waals surface area (Å²) in [6, 6.07) is 9.76. The highest BCUT2D eigenvalue weighted by Crippen LogP contribution is 2.19. The lowest BCUT2D eigenvalue weighted by Crippen LogP contribution is -2.05. The lowest BCUT2D eigenvalue weighted by Gasteiger charge is -2.09. The Kier molecular flexibility index (Phi) is 3.39. The number of benzene rings is 1. The molecule has 90 valence electrons. The van der Waals surface area contributed by atoms with E-state index in [0.29, 0.717) is 23.6 Å². The summed E-state index contributed by atoms with van der Waals surface area (Å²) in [6.45, 7) is 0.393. The van der Waals surface area contributed by atoms with Crippen molar-refractivity contribution in [2.45, 2.75) is 6.54 Å². The van der Waals surface area contributed by atoms with Gasteiger partial charge in [0.05, 0.1) is 11.3 Å². The molecule has 4 nitrogen and oxygen atoms in total. The second-order valence-corrected chi connectivity index (χ2v) is 3.72. The van der Waals surface area contributed by atoms with Gasteiger partial charge in [0.25, 0.3) is 0 Å². The van der Waals surface area contributed by atoms with Crippen LogP contribution < -0.4 is 11.1 Å². The largest absolute Gasteiger partial charge is 0.395 e. The van der Waals surface area contributed by atoms with Gasteiger partial charge in [-0.2, -0.15) is 5.26 Å². The van der Waals surface area contributed by atoms with E-state index in [2.05, 4.69) is 10.3 Å². The van der Waals surface area contributed by atoms with E-state index in [1.165, 1.54) is 18.3 Å². The van der Waals surface area contributed by atoms with E-state index in [-0.39, 0.29) is 5.82 Å². The lowest BCUT2D eigenvalue weighted by molar-refractivity contribution is 0.626. The van der Waals surface area contributed by atoms with Gasteiger partial charge in [0.2, 0.25) is 0 Å². The first-order valence-corrected chi connectivity index (χ1v) is 5.33. The van der Waals surface area contributed by atoms with Gasteiger partial charge < -0.3 is 11.1 Å². The molecule has 0 aliphatic rings. The minimum Gasteiger partial charge on any atom is -0.395 e. The molecule has 0 aliphatic heterocycles. The van der Waals surface area contributed by atoms with Crippen molar-refractivity contribution in [2.75, 3.05) is 11.1 Å². The molecule has 0 atom stereocenters. The molecule has 5 heteroatoms. The first kappa shape index (κ1) is 11.9. The molecule has 1 aromatic heterocycles. The summed E-state index contributed by atoms with van der Waals surface area (Å²) in [5.74, 6) is 0.138. The molecule has 2 rings (SSSR count). The molecule has 0 aliphatic carbocycles. The van der Waals surface area contributed by atoms with Gasteiger partial charge in [-0.3, -0.25) is 0 Å². The predicted octanol–water partition coefficient (Wildman–Crippen LogP) is 2.29. The van der Waals surface area contributed by atoms with Crippen LogP contribution >= 0.6 is 0 Å². The molecule has 0 bridgehead atoms. The number of halogens is 1. The van der Waals surface area contributed by atoms with Crippen LogP contribution in [-0.2, 0) is 6.54 Å². The molecule has 2 aromatic rings. The monoisotopic (exact) mass is 242 g/mol. The van der Waals surface area contributed by atoms with Gasteiger partial charge in [-0.1, -0.05) is 12.1 Å². The third-order valence-electron chi connectivity index (χ3n) is 2.46. The Morgan fingerprint density at radius 1 is 1.39 bits per heavy atom. The molecule has 18 heavy (non-hydrogen) atoms. The highest BCUT2D eigenvalue weighted by atomic mass is 19.1. The molecule has 0 fully saturated rings. The summed E-state index contributed by atoms with van der Waals surface area (Å²) in [4.78, 5) is 4.04. The van der Waals surface area contributed by atoms with Crippen LogP contribution in [0.5, 0.6) is 0 Å². The normalized spacial score (nSPS) is 9.78. The third kappa shape index (κ3) is 2.55. The van der Waals surface area contributed by atoms with Crippen molar-refractivity contribution < 1.29 is 4.39 Å². The number of anilines is 2. The summed E-state index contributed by atoms with van der Waals surface area (Å²) in [6.07, 6.45) is 1.50. The van der Waals surface area contributed by atoms with E-state index in [0.717, 1.165) is 5.56 Å². The number of hydrogen-bond donors (Lipinski definition) is 2. The summed E-state index contributed by atoms with van der Waals surface area (Å²) in [5.41, 5.74) is 7.21. The molecule has 1 aromatic carbocycles. The number of nitrogen functional groups attached to an aromatic ring is 1. The van der Waals surface area contributed by atoms with Crippen LogP contribution in [0.4, 0.5) is 15.9 Å². The molecular weight excluding hydrogens is 231 g/mol. The molecule has 3 N–H and O–H groups in total. The quantitative estimate of drug-likeness (QED) is 0.865. The number of aromatic nitrogens is 1. The van der Waals surface area contributed by atoms with Crippen molar-refractivity contribution in [3.05, 3.63) is 53.5 Å². The fourth-order valence-corrected chi connectivity index (χ4v) is 1.54. The van der Waals surface area contributed by atoms with Gasteiger partial charge in [-0.15, -0.1) is 0 Å². The first-order valence-electron chi connectivity index (χ1n) is 5.33. The second kappa shape index (κ2) is 5.15. The zero-order valence-electron chi connectivity index (χ0n) is 9.52. The Balaban J connectivity index is 2.14. The van der Waals surface area contributed by atoms with Gasteiger partial charge in [0, 0.05) is 12.7 Å². The summed E-state index contributed by atoms with van der Waals surface area (Å²) < 4.78 is 13.0. The molecule has 0 amide bonds. The summed E-state index contributed by atoms with van der Waals surface area (Å²) in [5, 5.41) is 11.8. The first-order chi connectivity index (χ1) is 8.70. The van der Waals surface area contributed by atoms with E-state index in [4.69, 9.17) is 11.0 Å². The average Bonchev–Trinajstić information content (AvgIpc) is 2.38. The standard InChI is InChI=1S/C13H11FN4/c14-11-3-1-2-9(6-11)8-18-13-12(16)10(7-15)4-5-17-13/h1-6H,8,16H2,(H,17,18). The number of rotatable bonds is 3. The minimum atomic E-state index is -0.291. The molecule has 0 saturated heterocycles. The molecule has 0 spiro atoms. The SMILES string of the molecule is N#Cc1ccnc(NCc2cccc(F)c2)c1N. The number of pyridine rings is 1. The summed E-state index contributed by atoms with van der Waals surface area (Å²) in [7, 11) is 0. The van der Waals surface area contributed by atoms with Crippen LogP contribution in [0.2, 0.25) is 0 Å². The zero-order valence-corrected chi connectivity index (χ0v) is 9.52. The van der Waals surface area contributed by atoms with Crippen molar-refractivity contribution in [1.82, 2.24) is 4.98 Å². The van der Waals surface area contributed by atoms with E-state index in [1.807, 2.05) is 6.07 Å². The Morgan fingerprint density at radius 2 is 2.22 bits per heavy atom. The fraction of sp³-hybridized carbons (Fsp3) is 0.0769. The van der Waals surface area contributed by atoms with Crippen LogP contribution in [0.3, 0.4) is 0 Å². The second-order valence-electron chi connectivity index (χ2n) is 3.72. The lowest BCUT2D eigenvalue weighted by atomic mass is 10.2. The van der Waals surface area contributed by atoms with Crippen LogP contribution in [0, 0.1) is 17.1 Å². The smallest absolute Gasteiger partial charge is 0.150 e. The maximum absolute atomic E-state index is 13.0. The van der Waals surface area contributed by atoms with Gasteiger partial charge in [0.1, 0.15) is 11.9 Å². The van der Waals surface area contributed by atoms with Crippen molar-refractivity contribution >= 4 is 11.5 Å². The zero-order chi connectivity index (χ0) is 13.0. The number of nitrogens with two attached hydrogens (primary N) is 1. The van der Waals surface area contributed by atoms with E-state index in [1.54, 1.807) is 18.2 Å². The Bertz CT molecular complexity index is 604. The number of hydrogen-bond acceptors (Lipinski definition) is 4. The van der Waals surface area contributed by atoms with Crippen molar-refractivity contribution in [2.24, 2.45) is 0 Å². The highest BCUT2D eigenvalue weighted by Gasteiger charge is 2.05. The fourth-order valence-electron chi connectivity index (χ4n) is 1.54.